The van der Waals surface area contributed by atoms with E-state index in [1.54, 1.807) is 12.4 Å². The van der Waals surface area contributed by atoms with Crippen LogP contribution in [-0.4, -0.2) is 31.6 Å². The molecule has 3 aromatic rings. The van der Waals surface area contributed by atoms with Gasteiger partial charge >= 0.3 is 0 Å². The summed E-state index contributed by atoms with van der Waals surface area (Å²) in [5.41, 5.74) is 6.96. The number of fused-ring (bicyclic) bond motifs is 1. The minimum atomic E-state index is -0.0454. The number of nitrogens with zero attached hydrogens (tertiary/aromatic N) is 4. The van der Waals surface area contributed by atoms with E-state index >= 15 is 0 Å². The number of carbonyl (C=O) groups is 1. The van der Waals surface area contributed by atoms with Crippen molar-refractivity contribution in [1.82, 2.24) is 25.4 Å². The first-order valence-electron chi connectivity index (χ1n) is 6.90. The average Bonchev–Trinajstić information content (AvgIpc) is 2.99. The Hall–Kier alpha value is -3.09. The molecular formula is C15H12N6O. The molecule has 0 aliphatic carbocycles. The molecule has 4 rings (SSSR count). The van der Waals surface area contributed by atoms with Crippen LogP contribution in [0.25, 0.3) is 22.4 Å². The number of carbonyl (C=O) groups excluding carboxylic acids is 1. The van der Waals surface area contributed by atoms with Gasteiger partial charge in [-0.15, -0.1) is 0 Å². The summed E-state index contributed by atoms with van der Waals surface area (Å²) in [4.78, 5) is 27.0. The second-order valence-corrected chi connectivity index (χ2v) is 5.04. The molecule has 2 N–H and O–H groups in total. The molecule has 108 valence electrons. The lowest BCUT2D eigenvalue weighted by Crippen LogP contribution is -2.25. The quantitative estimate of drug-likeness (QED) is 0.750. The Labute approximate surface area is 125 Å². The van der Waals surface area contributed by atoms with E-state index in [2.05, 4.69) is 30.5 Å². The summed E-state index contributed by atoms with van der Waals surface area (Å²) in [6.45, 7) is 0. The number of rotatable bonds is 2. The zero-order valence-electron chi connectivity index (χ0n) is 11.6. The van der Waals surface area contributed by atoms with Gasteiger partial charge in [-0.25, -0.2) is 20.4 Å². The van der Waals surface area contributed by atoms with Crippen molar-refractivity contribution in [1.29, 1.82) is 0 Å². The van der Waals surface area contributed by atoms with Gasteiger partial charge in [0.15, 0.2) is 0 Å². The van der Waals surface area contributed by atoms with Crippen LogP contribution < -0.4 is 5.43 Å². The monoisotopic (exact) mass is 292 g/mol. The van der Waals surface area contributed by atoms with Gasteiger partial charge in [0.25, 0.3) is 0 Å². The second-order valence-electron chi connectivity index (χ2n) is 5.04. The summed E-state index contributed by atoms with van der Waals surface area (Å²) in [5.74, 6) is 0.683. The molecule has 3 heterocycles. The Bertz CT molecular complexity index is 883. The van der Waals surface area contributed by atoms with Crippen LogP contribution in [-0.2, 0) is 4.79 Å². The summed E-state index contributed by atoms with van der Waals surface area (Å²) < 4.78 is 0. The first-order chi connectivity index (χ1) is 10.8. The van der Waals surface area contributed by atoms with Gasteiger partial charge in [0.2, 0.25) is 5.91 Å². The van der Waals surface area contributed by atoms with Crippen LogP contribution in [0.2, 0.25) is 0 Å². The fraction of sp³-hybridized carbons (Fsp3) is 0.133. The molecule has 0 fully saturated rings. The van der Waals surface area contributed by atoms with E-state index in [1.165, 1.54) is 6.33 Å². The van der Waals surface area contributed by atoms with E-state index in [0.29, 0.717) is 12.8 Å². The summed E-state index contributed by atoms with van der Waals surface area (Å²) in [6, 6.07) is 5.90. The molecule has 0 saturated carbocycles. The van der Waals surface area contributed by atoms with Crippen LogP contribution in [0.1, 0.15) is 18.4 Å². The maximum Gasteiger partial charge on any atom is 0.240 e. The Morgan fingerprint density at radius 3 is 2.68 bits per heavy atom. The van der Waals surface area contributed by atoms with E-state index in [0.717, 1.165) is 33.7 Å². The van der Waals surface area contributed by atoms with Crippen LogP contribution in [0, 0.1) is 0 Å². The molecule has 1 aliphatic rings. The van der Waals surface area contributed by atoms with Crippen molar-refractivity contribution in [3.63, 3.8) is 0 Å². The number of benzene rings is 1. The van der Waals surface area contributed by atoms with Crippen molar-refractivity contribution in [3.05, 3.63) is 42.5 Å². The molecule has 22 heavy (non-hydrogen) atoms. The van der Waals surface area contributed by atoms with Crippen molar-refractivity contribution < 1.29 is 4.79 Å². The number of hydrogen-bond acceptors (Lipinski definition) is 5. The molecule has 1 amide bonds. The fourth-order valence-corrected chi connectivity index (χ4v) is 2.43. The van der Waals surface area contributed by atoms with Crippen LogP contribution in [0.15, 0.2) is 42.0 Å². The normalized spacial score (nSPS) is 14.7. The SMILES string of the molecule is O=C1CCC(c2ccc3[nH]c(-c4cncnc4)nc3c2)=NN1. The van der Waals surface area contributed by atoms with Crippen LogP contribution in [0.5, 0.6) is 0 Å². The minimum Gasteiger partial charge on any atom is -0.338 e. The number of nitrogens with one attached hydrogen (secondary N) is 2. The Balaban J connectivity index is 1.74. The molecule has 0 unspecified atom stereocenters. The van der Waals surface area contributed by atoms with Gasteiger partial charge in [0.05, 0.1) is 22.3 Å². The summed E-state index contributed by atoms with van der Waals surface area (Å²) in [7, 11) is 0. The topological polar surface area (TPSA) is 95.9 Å². The lowest BCUT2D eigenvalue weighted by Gasteiger charge is -2.11. The molecule has 1 aliphatic heterocycles. The third kappa shape index (κ3) is 2.22. The number of amides is 1. The average molecular weight is 292 g/mol. The zero-order chi connectivity index (χ0) is 14.9. The highest BCUT2D eigenvalue weighted by molar-refractivity contribution is 6.05. The lowest BCUT2D eigenvalue weighted by molar-refractivity contribution is -0.121. The van der Waals surface area contributed by atoms with Gasteiger partial charge < -0.3 is 4.98 Å². The van der Waals surface area contributed by atoms with Gasteiger partial charge in [0.1, 0.15) is 12.2 Å². The van der Waals surface area contributed by atoms with E-state index in [-0.39, 0.29) is 5.91 Å². The van der Waals surface area contributed by atoms with Crippen molar-refractivity contribution in [2.75, 3.05) is 0 Å². The van der Waals surface area contributed by atoms with Gasteiger partial charge in [-0.1, -0.05) is 6.07 Å². The van der Waals surface area contributed by atoms with Gasteiger partial charge in [-0.05, 0) is 12.1 Å². The minimum absolute atomic E-state index is 0.0454. The standard InChI is InChI=1S/C15H12N6O/c22-14-4-3-11(20-21-14)9-1-2-12-13(5-9)19-15(18-12)10-6-16-8-17-7-10/h1-2,5-8H,3-4H2,(H,18,19)(H,21,22). The van der Waals surface area contributed by atoms with Gasteiger partial charge in [-0.3, -0.25) is 4.79 Å². The lowest BCUT2D eigenvalue weighted by atomic mass is 10.0. The number of H-pyrrole nitrogens is 1. The van der Waals surface area contributed by atoms with E-state index in [1.807, 2.05) is 18.2 Å². The highest BCUT2D eigenvalue weighted by atomic mass is 16.2. The molecular weight excluding hydrogens is 280 g/mol. The first kappa shape index (κ1) is 12.6. The first-order valence-corrected chi connectivity index (χ1v) is 6.90. The number of imidazole rings is 1. The highest BCUT2D eigenvalue weighted by Gasteiger charge is 2.14. The number of hydrogen-bond donors (Lipinski definition) is 2. The van der Waals surface area contributed by atoms with Crippen LogP contribution in [0.4, 0.5) is 0 Å². The van der Waals surface area contributed by atoms with Crippen molar-refractivity contribution in [3.8, 4) is 11.4 Å². The van der Waals surface area contributed by atoms with Crippen LogP contribution in [0.3, 0.4) is 0 Å². The van der Waals surface area contributed by atoms with Crippen molar-refractivity contribution in [2.45, 2.75) is 12.8 Å². The number of hydrazone groups is 1. The largest absolute Gasteiger partial charge is 0.338 e. The third-order valence-electron chi connectivity index (χ3n) is 3.55. The predicted octanol–water partition coefficient (Wildman–Crippen LogP) is 1.63. The summed E-state index contributed by atoms with van der Waals surface area (Å²) in [6.07, 6.45) is 6.02. The Morgan fingerprint density at radius 1 is 1.05 bits per heavy atom. The molecule has 0 atom stereocenters. The van der Waals surface area contributed by atoms with E-state index in [4.69, 9.17) is 0 Å². The molecule has 7 nitrogen and oxygen atoms in total. The second kappa shape index (κ2) is 5.03. The molecule has 0 bridgehead atoms. The number of aromatic amines is 1. The maximum absolute atomic E-state index is 11.2. The van der Waals surface area contributed by atoms with E-state index < -0.39 is 0 Å². The van der Waals surface area contributed by atoms with Gasteiger partial charge in [0, 0.05) is 30.8 Å². The maximum atomic E-state index is 11.2. The smallest absolute Gasteiger partial charge is 0.240 e. The fourth-order valence-electron chi connectivity index (χ4n) is 2.43. The summed E-state index contributed by atoms with van der Waals surface area (Å²) >= 11 is 0. The zero-order valence-corrected chi connectivity index (χ0v) is 11.6. The molecule has 2 aromatic heterocycles. The van der Waals surface area contributed by atoms with Crippen molar-refractivity contribution in [2.24, 2.45) is 5.10 Å². The van der Waals surface area contributed by atoms with Gasteiger partial charge in [-0.2, -0.15) is 5.10 Å². The molecule has 0 saturated heterocycles. The molecule has 1 aromatic carbocycles. The predicted molar refractivity (Wildman–Crippen MR) is 81.0 cm³/mol. The molecule has 0 spiro atoms. The summed E-state index contributed by atoms with van der Waals surface area (Å²) in [5, 5.41) is 4.11. The third-order valence-corrected chi connectivity index (χ3v) is 3.55. The van der Waals surface area contributed by atoms with Crippen LogP contribution >= 0.6 is 0 Å². The van der Waals surface area contributed by atoms with Crippen molar-refractivity contribution >= 4 is 22.7 Å². The Kier molecular flexibility index (Phi) is 2.89. The molecule has 7 heteroatoms. The number of aromatic nitrogens is 4. The highest BCUT2D eigenvalue weighted by Crippen LogP contribution is 2.21. The Morgan fingerprint density at radius 2 is 1.91 bits per heavy atom. The molecule has 0 radical (unpaired) electrons. The van der Waals surface area contributed by atoms with E-state index in [9.17, 15) is 4.79 Å².